The van der Waals surface area contributed by atoms with Gasteiger partial charge in [-0.25, -0.2) is 4.98 Å². The molecule has 4 heteroatoms. The van der Waals surface area contributed by atoms with Crippen molar-refractivity contribution in [2.45, 2.75) is 13.0 Å². The highest BCUT2D eigenvalue weighted by atomic mass is 16.2. The summed E-state index contributed by atoms with van der Waals surface area (Å²) in [5.41, 5.74) is 2.74. The van der Waals surface area contributed by atoms with E-state index in [4.69, 9.17) is 0 Å². The summed E-state index contributed by atoms with van der Waals surface area (Å²) in [5.74, 6) is 0.0392. The second kappa shape index (κ2) is 7.67. The Balaban J connectivity index is 1.43. The van der Waals surface area contributed by atoms with Crippen LogP contribution >= 0.6 is 0 Å². The summed E-state index contributed by atoms with van der Waals surface area (Å²) in [6.45, 7) is 4.40. The number of fused-ring (bicyclic) bond motifs is 1. The SMILES string of the molecule is O=C(c1ccc2ccccc2n1)N1CCCN(Cc2ccccc2)CC1. The summed E-state index contributed by atoms with van der Waals surface area (Å²) < 4.78 is 0. The number of rotatable bonds is 3. The summed E-state index contributed by atoms with van der Waals surface area (Å²) in [6, 6.07) is 22.3. The van der Waals surface area contributed by atoms with Crippen LogP contribution in [0.4, 0.5) is 0 Å². The lowest BCUT2D eigenvalue weighted by Gasteiger charge is -2.22. The van der Waals surface area contributed by atoms with E-state index in [-0.39, 0.29) is 5.91 Å². The van der Waals surface area contributed by atoms with Crippen LogP contribution < -0.4 is 0 Å². The van der Waals surface area contributed by atoms with Crippen LogP contribution in [0.3, 0.4) is 0 Å². The average molecular weight is 345 g/mol. The van der Waals surface area contributed by atoms with Crippen LogP contribution in [0.5, 0.6) is 0 Å². The quantitative estimate of drug-likeness (QED) is 0.728. The Kier molecular flexibility index (Phi) is 4.93. The largest absolute Gasteiger partial charge is 0.336 e. The summed E-state index contributed by atoms with van der Waals surface area (Å²) in [5, 5.41) is 1.06. The Labute approximate surface area is 154 Å². The van der Waals surface area contributed by atoms with Crippen molar-refractivity contribution in [1.82, 2.24) is 14.8 Å². The summed E-state index contributed by atoms with van der Waals surface area (Å²) in [4.78, 5) is 21.8. The molecule has 0 saturated carbocycles. The molecule has 0 N–H and O–H groups in total. The summed E-state index contributed by atoms with van der Waals surface area (Å²) >= 11 is 0. The third-order valence-electron chi connectivity index (χ3n) is 4.94. The van der Waals surface area contributed by atoms with Gasteiger partial charge in [0, 0.05) is 38.1 Å². The lowest BCUT2D eigenvalue weighted by atomic mass is 10.2. The van der Waals surface area contributed by atoms with Crippen LogP contribution in [0.2, 0.25) is 0 Å². The fourth-order valence-corrected chi connectivity index (χ4v) is 3.52. The van der Waals surface area contributed by atoms with E-state index < -0.39 is 0 Å². The fraction of sp³-hybridized carbons (Fsp3) is 0.273. The van der Waals surface area contributed by atoms with E-state index in [2.05, 4.69) is 34.1 Å². The fourth-order valence-electron chi connectivity index (χ4n) is 3.52. The highest BCUT2D eigenvalue weighted by Crippen LogP contribution is 2.15. The standard InChI is InChI=1S/C22H23N3O/c26-22(21-12-11-19-9-4-5-10-20(19)23-21)25-14-6-13-24(15-16-25)17-18-7-2-1-3-8-18/h1-5,7-12H,6,13-17H2. The predicted molar refractivity (Wildman–Crippen MR) is 104 cm³/mol. The highest BCUT2D eigenvalue weighted by Gasteiger charge is 2.21. The number of pyridine rings is 1. The molecule has 1 amide bonds. The topological polar surface area (TPSA) is 36.4 Å². The number of amides is 1. The molecular weight excluding hydrogens is 322 g/mol. The second-order valence-corrected chi connectivity index (χ2v) is 6.80. The van der Waals surface area contributed by atoms with Crippen molar-refractivity contribution in [2.24, 2.45) is 0 Å². The van der Waals surface area contributed by atoms with Gasteiger partial charge < -0.3 is 4.90 Å². The third-order valence-corrected chi connectivity index (χ3v) is 4.94. The van der Waals surface area contributed by atoms with Gasteiger partial charge in [0.25, 0.3) is 5.91 Å². The van der Waals surface area contributed by atoms with E-state index >= 15 is 0 Å². The molecule has 0 atom stereocenters. The molecule has 1 aromatic heterocycles. The highest BCUT2D eigenvalue weighted by molar-refractivity contribution is 5.94. The van der Waals surface area contributed by atoms with Gasteiger partial charge >= 0.3 is 0 Å². The van der Waals surface area contributed by atoms with Crippen molar-refractivity contribution < 1.29 is 4.79 Å². The zero-order valence-corrected chi connectivity index (χ0v) is 14.8. The van der Waals surface area contributed by atoms with Gasteiger partial charge in [-0.15, -0.1) is 0 Å². The molecule has 1 saturated heterocycles. The Morgan fingerprint density at radius 3 is 2.54 bits per heavy atom. The molecule has 2 heterocycles. The average Bonchev–Trinajstić information content (AvgIpc) is 2.93. The number of para-hydroxylation sites is 1. The number of nitrogens with zero attached hydrogens (tertiary/aromatic N) is 3. The normalized spacial score (nSPS) is 15.8. The van der Waals surface area contributed by atoms with Crippen molar-refractivity contribution in [3.05, 3.63) is 78.0 Å². The van der Waals surface area contributed by atoms with Crippen molar-refractivity contribution >= 4 is 16.8 Å². The molecule has 0 aliphatic carbocycles. The van der Waals surface area contributed by atoms with Gasteiger partial charge in [-0.2, -0.15) is 0 Å². The Morgan fingerprint density at radius 1 is 0.846 bits per heavy atom. The molecule has 1 aliphatic rings. The third kappa shape index (κ3) is 3.75. The molecule has 1 fully saturated rings. The lowest BCUT2D eigenvalue weighted by molar-refractivity contribution is 0.0755. The molecule has 1 aliphatic heterocycles. The first-order chi connectivity index (χ1) is 12.8. The van der Waals surface area contributed by atoms with E-state index in [9.17, 15) is 4.79 Å². The molecule has 132 valence electrons. The minimum atomic E-state index is 0.0392. The minimum absolute atomic E-state index is 0.0392. The molecule has 0 spiro atoms. The van der Waals surface area contributed by atoms with Crippen LogP contribution in [-0.4, -0.2) is 46.9 Å². The van der Waals surface area contributed by atoms with E-state index in [1.54, 1.807) is 0 Å². The first-order valence-corrected chi connectivity index (χ1v) is 9.21. The van der Waals surface area contributed by atoms with Gasteiger partial charge in [0.05, 0.1) is 5.52 Å². The number of hydrogen-bond acceptors (Lipinski definition) is 3. The Morgan fingerprint density at radius 2 is 1.65 bits per heavy atom. The van der Waals surface area contributed by atoms with Crippen molar-refractivity contribution in [3.8, 4) is 0 Å². The van der Waals surface area contributed by atoms with E-state index in [1.807, 2.05) is 47.4 Å². The van der Waals surface area contributed by atoms with Crippen LogP contribution in [0.25, 0.3) is 10.9 Å². The number of benzene rings is 2. The van der Waals surface area contributed by atoms with E-state index in [0.717, 1.165) is 50.0 Å². The number of carbonyl (C=O) groups is 1. The van der Waals surface area contributed by atoms with Crippen LogP contribution in [0.1, 0.15) is 22.5 Å². The number of hydrogen-bond donors (Lipinski definition) is 0. The van der Waals surface area contributed by atoms with Gasteiger partial charge in [0.15, 0.2) is 0 Å². The van der Waals surface area contributed by atoms with Gasteiger partial charge in [0.2, 0.25) is 0 Å². The molecule has 26 heavy (non-hydrogen) atoms. The van der Waals surface area contributed by atoms with Crippen LogP contribution in [-0.2, 0) is 6.54 Å². The van der Waals surface area contributed by atoms with Gasteiger partial charge in [-0.05, 0) is 24.1 Å². The van der Waals surface area contributed by atoms with Crippen molar-refractivity contribution in [3.63, 3.8) is 0 Å². The van der Waals surface area contributed by atoms with E-state index in [0.29, 0.717) is 5.69 Å². The first-order valence-electron chi connectivity index (χ1n) is 9.21. The monoisotopic (exact) mass is 345 g/mol. The zero-order chi connectivity index (χ0) is 17.8. The summed E-state index contributed by atoms with van der Waals surface area (Å²) in [7, 11) is 0. The molecule has 0 bridgehead atoms. The van der Waals surface area contributed by atoms with Crippen molar-refractivity contribution in [1.29, 1.82) is 0 Å². The number of aromatic nitrogens is 1. The van der Waals surface area contributed by atoms with Gasteiger partial charge in [0.1, 0.15) is 5.69 Å². The molecule has 0 unspecified atom stereocenters. The first kappa shape index (κ1) is 16.7. The van der Waals surface area contributed by atoms with E-state index in [1.165, 1.54) is 5.56 Å². The maximum Gasteiger partial charge on any atom is 0.272 e. The smallest absolute Gasteiger partial charge is 0.272 e. The van der Waals surface area contributed by atoms with Crippen molar-refractivity contribution in [2.75, 3.05) is 26.2 Å². The molecule has 2 aromatic carbocycles. The second-order valence-electron chi connectivity index (χ2n) is 6.80. The summed E-state index contributed by atoms with van der Waals surface area (Å²) in [6.07, 6.45) is 0.992. The van der Waals surface area contributed by atoms with Gasteiger partial charge in [-0.1, -0.05) is 54.6 Å². The molecule has 0 radical (unpaired) electrons. The molecular formula is C22H23N3O. The number of carbonyl (C=O) groups excluding carboxylic acids is 1. The molecule has 3 aromatic rings. The lowest BCUT2D eigenvalue weighted by Crippen LogP contribution is -2.35. The Bertz CT molecular complexity index is 894. The zero-order valence-electron chi connectivity index (χ0n) is 14.8. The maximum atomic E-state index is 12.9. The van der Waals surface area contributed by atoms with Gasteiger partial charge in [-0.3, -0.25) is 9.69 Å². The predicted octanol–water partition coefficient (Wildman–Crippen LogP) is 3.58. The minimum Gasteiger partial charge on any atom is -0.336 e. The molecule has 4 nitrogen and oxygen atoms in total. The maximum absolute atomic E-state index is 12.9. The van der Waals surface area contributed by atoms with Crippen LogP contribution in [0.15, 0.2) is 66.7 Å². The molecule has 4 rings (SSSR count). The Hall–Kier alpha value is -2.72. The van der Waals surface area contributed by atoms with Crippen LogP contribution in [0, 0.1) is 0 Å².